The van der Waals surface area contributed by atoms with Gasteiger partial charge >= 0.3 is 6.09 Å². The number of piperidine rings is 1. The van der Waals surface area contributed by atoms with E-state index in [0.717, 1.165) is 0 Å². The van der Waals surface area contributed by atoms with Crippen molar-refractivity contribution in [2.75, 3.05) is 38.8 Å². The van der Waals surface area contributed by atoms with E-state index in [-0.39, 0.29) is 31.3 Å². The summed E-state index contributed by atoms with van der Waals surface area (Å²) >= 11 is 0. The zero-order chi connectivity index (χ0) is 20.0. The Morgan fingerprint density at radius 2 is 2.00 bits per heavy atom. The molecule has 2 aliphatic heterocycles. The van der Waals surface area contributed by atoms with Gasteiger partial charge < -0.3 is 23.8 Å². The van der Waals surface area contributed by atoms with Crippen LogP contribution in [0.2, 0.25) is 0 Å². The van der Waals surface area contributed by atoms with Crippen molar-refractivity contribution < 1.29 is 32.2 Å². The quantitative estimate of drug-likeness (QED) is 0.646. The van der Waals surface area contributed by atoms with Gasteiger partial charge in [0.05, 0.1) is 19.0 Å². The van der Waals surface area contributed by atoms with Crippen LogP contribution in [0.3, 0.4) is 0 Å². The standard InChI is InChI=1S/C18H26N2O7S/c1-2-24-18(21)20-8-6-14(7-9-20)19-28(22,23)11-3-10-25-15-4-5-16-17(12-15)27-13-26-16/h4-5,12,14,19H,2-3,6-11,13H2,1H3. The van der Waals surface area contributed by atoms with Gasteiger partial charge in [-0.1, -0.05) is 0 Å². The summed E-state index contributed by atoms with van der Waals surface area (Å²) in [5.74, 6) is 1.89. The minimum absolute atomic E-state index is 0.0182. The summed E-state index contributed by atoms with van der Waals surface area (Å²) in [5, 5.41) is 0. The molecule has 2 aliphatic rings. The number of likely N-dealkylation sites (tertiary alicyclic amines) is 1. The number of carbonyl (C=O) groups excluding carboxylic acids is 1. The molecular formula is C18H26N2O7S. The van der Waals surface area contributed by atoms with E-state index < -0.39 is 10.0 Å². The van der Waals surface area contributed by atoms with Crippen LogP contribution in [0.1, 0.15) is 26.2 Å². The molecule has 1 aromatic carbocycles. The van der Waals surface area contributed by atoms with E-state index in [1.165, 1.54) is 0 Å². The normalized spacial score (nSPS) is 16.8. The second-order valence-corrected chi connectivity index (χ2v) is 8.49. The van der Waals surface area contributed by atoms with Crippen LogP contribution in [-0.4, -0.2) is 64.3 Å². The Hall–Kier alpha value is -2.20. The van der Waals surface area contributed by atoms with E-state index in [2.05, 4.69) is 4.72 Å². The molecule has 0 saturated carbocycles. The number of ether oxygens (including phenoxy) is 4. The third-order valence-electron chi connectivity index (χ3n) is 4.54. The molecular weight excluding hydrogens is 388 g/mol. The topological polar surface area (TPSA) is 103 Å². The average Bonchev–Trinajstić information content (AvgIpc) is 3.13. The molecule has 0 aliphatic carbocycles. The smallest absolute Gasteiger partial charge is 0.409 e. The van der Waals surface area contributed by atoms with Crippen molar-refractivity contribution >= 4 is 16.1 Å². The van der Waals surface area contributed by atoms with Gasteiger partial charge in [0.2, 0.25) is 16.8 Å². The summed E-state index contributed by atoms with van der Waals surface area (Å²) in [4.78, 5) is 13.3. The van der Waals surface area contributed by atoms with E-state index in [9.17, 15) is 13.2 Å². The van der Waals surface area contributed by atoms with Gasteiger partial charge in [0.1, 0.15) is 5.75 Å². The molecule has 0 spiro atoms. The molecule has 1 amide bonds. The minimum atomic E-state index is -3.40. The molecule has 1 saturated heterocycles. The summed E-state index contributed by atoms with van der Waals surface area (Å²) in [6.07, 6.45) is 1.17. The maximum Gasteiger partial charge on any atom is 0.409 e. The highest BCUT2D eigenvalue weighted by molar-refractivity contribution is 7.89. The van der Waals surface area contributed by atoms with E-state index in [0.29, 0.717) is 56.2 Å². The van der Waals surface area contributed by atoms with Crippen LogP contribution < -0.4 is 18.9 Å². The molecule has 1 N–H and O–H groups in total. The van der Waals surface area contributed by atoms with E-state index >= 15 is 0 Å². The number of carbonyl (C=O) groups is 1. The molecule has 3 rings (SSSR count). The van der Waals surface area contributed by atoms with Gasteiger partial charge in [-0.15, -0.1) is 0 Å². The Bertz CT molecular complexity index is 776. The number of rotatable bonds is 8. The second-order valence-electron chi connectivity index (χ2n) is 6.61. The van der Waals surface area contributed by atoms with Crippen molar-refractivity contribution in [1.29, 1.82) is 0 Å². The lowest BCUT2D eigenvalue weighted by molar-refractivity contribution is 0.0966. The molecule has 9 nitrogen and oxygen atoms in total. The number of nitrogens with zero attached hydrogens (tertiary/aromatic N) is 1. The second kappa shape index (κ2) is 9.33. The summed E-state index contributed by atoms with van der Waals surface area (Å²) < 4.78 is 48.3. The molecule has 156 valence electrons. The Morgan fingerprint density at radius 1 is 1.25 bits per heavy atom. The Balaban J connectivity index is 1.36. The Morgan fingerprint density at radius 3 is 2.75 bits per heavy atom. The van der Waals surface area contributed by atoms with Gasteiger partial charge in [0.15, 0.2) is 11.5 Å². The Labute approximate surface area is 164 Å². The third-order valence-corrected chi connectivity index (χ3v) is 6.06. The van der Waals surface area contributed by atoms with Crippen LogP contribution in [0.5, 0.6) is 17.2 Å². The number of fused-ring (bicyclic) bond motifs is 1. The fourth-order valence-electron chi connectivity index (χ4n) is 3.11. The van der Waals surface area contributed by atoms with E-state index in [1.54, 1.807) is 30.0 Å². The molecule has 1 aromatic rings. The minimum Gasteiger partial charge on any atom is -0.493 e. The maximum absolute atomic E-state index is 12.3. The van der Waals surface area contributed by atoms with Crippen LogP contribution in [-0.2, 0) is 14.8 Å². The zero-order valence-electron chi connectivity index (χ0n) is 15.9. The SMILES string of the molecule is CCOC(=O)N1CCC(NS(=O)(=O)CCCOc2ccc3c(c2)OCO3)CC1. The van der Waals surface area contributed by atoms with Gasteiger partial charge in [-0.05, 0) is 38.3 Å². The van der Waals surface area contributed by atoms with Crippen LogP contribution in [0.4, 0.5) is 4.79 Å². The Kier molecular flexibility index (Phi) is 6.84. The number of nitrogens with one attached hydrogen (secondary N) is 1. The van der Waals surface area contributed by atoms with Crippen molar-refractivity contribution in [1.82, 2.24) is 9.62 Å². The first-order valence-electron chi connectivity index (χ1n) is 9.41. The lowest BCUT2D eigenvalue weighted by atomic mass is 10.1. The highest BCUT2D eigenvalue weighted by Gasteiger charge is 2.26. The summed E-state index contributed by atoms with van der Waals surface area (Å²) in [5.41, 5.74) is 0. The monoisotopic (exact) mass is 414 g/mol. The predicted octanol–water partition coefficient (Wildman–Crippen LogP) is 1.72. The van der Waals surface area contributed by atoms with Crippen molar-refractivity contribution in [2.24, 2.45) is 0 Å². The molecule has 0 radical (unpaired) electrons. The number of amides is 1. The number of sulfonamides is 1. The van der Waals surface area contributed by atoms with Crippen molar-refractivity contribution in [3.63, 3.8) is 0 Å². The highest BCUT2D eigenvalue weighted by Crippen LogP contribution is 2.35. The lowest BCUT2D eigenvalue weighted by Gasteiger charge is -2.31. The zero-order valence-corrected chi connectivity index (χ0v) is 16.7. The molecule has 0 aromatic heterocycles. The van der Waals surface area contributed by atoms with Gasteiger partial charge in [0.25, 0.3) is 0 Å². The molecule has 1 fully saturated rings. The van der Waals surface area contributed by atoms with E-state index in [4.69, 9.17) is 18.9 Å². The first-order valence-corrected chi connectivity index (χ1v) is 11.1. The van der Waals surface area contributed by atoms with Gasteiger partial charge in [-0.3, -0.25) is 0 Å². The van der Waals surface area contributed by atoms with Crippen molar-refractivity contribution in [3.8, 4) is 17.2 Å². The van der Waals surface area contributed by atoms with Crippen molar-refractivity contribution in [2.45, 2.75) is 32.2 Å². The fraction of sp³-hybridized carbons (Fsp3) is 0.611. The average molecular weight is 414 g/mol. The summed E-state index contributed by atoms with van der Waals surface area (Å²) in [6, 6.07) is 5.09. The molecule has 10 heteroatoms. The summed E-state index contributed by atoms with van der Waals surface area (Å²) in [7, 11) is -3.40. The lowest BCUT2D eigenvalue weighted by Crippen LogP contribution is -2.47. The van der Waals surface area contributed by atoms with Crippen LogP contribution in [0.15, 0.2) is 18.2 Å². The van der Waals surface area contributed by atoms with Crippen LogP contribution in [0, 0.1) is 0 Å². The van der Waals surface area contributed by atoms with Gasteiger partial charge in [0, 0.05) is 25.2 Å². The molecule has 0 bridgehead atoms. The number of hydrogen-bond donors (Lipinski definition) is 1. The molecule has 2 heterocycles. The molecule has 0 unspecified atom stereocenters. The first kappa shape index (κ1) is 20.5. The molecule has 28 heavy (non-hydrogen) atoms. The maximum atomic E-state index is 12.3. The summed E-state index contributed by atoms with van der Waals surface area (Å²) in [6.45, 7) is 3.54. The fourth-order valence-corrected chi connectivity index (χ4v) is 4.47. The first-order chi connectivity index (χ1) is 13.5. The molecule has 0 atom stereocenters. The highest BCUT2D eigenvalue weighted by atomic mass is 32.2. The number of hydrogen-bond acceptors (Lipinski definition) is 7. The predicted molar refractivity (Wildman–Crippen MR) is 101 cm³/mol. The van der Waals surface area contributed by atoms with Crippen LogP contribution in [0.25, 0.3) is 0 Å². The largest absolute Gasteiger partial charge is 0.493 e. The van der Waals surface area contributed by atoms with Gasteiger partial charge in [-0.2, -0.15) is 0 Å². The third kappa shape index (κ3) is 5.65. The van der Waals surface area contributed by atoms with Crippen molar-refractivity contribution in [3.05, 3.63) is 18.2 Å². The van der Waals surface area contributed by atoms with Crippen LogP contribution >= 0.6 is 0 Å². The number of benzene rings is 1. The van der Waals surface area contributed by atoms with Gasteiger partial charge in [-0.25, -0.2) is 17.9 Å². The van der Waals surface area contributed by atoms with E-state index in [1.807, 2.05) is 0 Å².